The standard InChI is InChI=1S/C18H36N2.3ClH/c1-3-5-6-7-8-9-10-11-12-13-15-20-17-16-19(18-20)14-4-2;;;/h16-17H,3-15,18H2,1-2H3;3*1H. The molecule has 23 heavy (non-hydrogen) atoms. The van der Waals surface area contributed by atoms with Crippen LogP contribution < -0.4 is 0 Å². The average molecular weight is 390 g/mol. The van der Waals surface area contributed by atoms with E-state index in [4.69, 9.17) is 0 Å². The average Bonchev–Trinajstić information content (AvgIpc) is 2.89. The minimum Gasteiger partial charge on any atom is -0.359 e. The van der Waals surface area contributed by atoms with Crippen LogP contribution in [0.1, 0.15) is 84.5 Å². The molecule has 0 saturated heterocycles. The highest BCUT2D eigenvalue weighted by Gasteiger charge is 2.09. The maximum absolute atomic E-state index is 2.46. The molecule has 1 aliphatic rings. The summed E-state index contributed by atoms with van der Waals surface area (Å²) in [5.41, 5.74) is 0. The van der Waals surface area contributed by atoms with E-state index in [0.29, 0.717) is 0 Å². The van der Waals surface area contributed by atoms with E-state index in [9.17, 15) is 0 Å². The van der Waals surface area contributed by atoms with Crippen molar-refractivity contribution in [3.63, 3.8) is 0 Å². The van der Waals surface area contributed by atoms with Gasteiger partial charge in [-0.25, -0.2) is 0 Å². The van der Waals surface area contributed by atoms with Crippen molar-refractivity contribution in [1.29, 1.82) is 0 Å². The van der Waals surface area contributed by atoms with Gasteiger partial charge in [0, 0.05) is 25.5 Å². The molecule has 0 aliphatic carbocycles. The predicted molar refractivity (Wildman–Crippen MR) is 111 cm³/mol. The number of hydrogen-bond acceptors (Lipinski definition) is 2. The van der Waals surface area contributed by atoms with Crippen molar-refractivity contribution in [2.75, 3.05) is 19.8 Å². The van der Waals surface area contributed by atoms with Gasteiger partial charge in [0.05, 0.1) is 6.67 Å². The Kier molecular flexibility index (Phi) is 24.7. The lowest BCUT2D eigenvalue weighted by Gasteiger charge is -2.20. The fraction of sp³-hybridized carbons (Fsp3) is 0.889. The number of unbranched alkanes of at least 4 members (excludes halogenated alkanes) is 9. The van der Waals surface area contributed by atoms with Gasteiger partial charge in [-0.3, -0.25) is 0 Å². The molecule has 0 amide bonds. The Hall–Kier alpha value is 0.210. The first-order valence-corrected chi connectivity index (χ1v) is 9.03. The Morgan fingerprint density at radius 1 is 0.565 bits per heavy atom. The highest BCUT2D eigenvalue weighted by atomic mass is 35.5. The predicted octanol–water partition coefficient (Wildman–Crippen LogP) is 6.63. The van der Waals surface area contributed by atoms with Crippen LogP contribution in [-0.4, -0.2) is 29.6 Å². The molecule has 0 aromatic rings. The minimum absolute atomic E-state index is 0. The first kappa shape index (κ1) is 28.0. The molecule has 0 atom stereocenters. The summed E-state index contributed by atoms with van der Waals surface area (Å²) >= 11 is 0. The van der Waals surface area contributed by atoms with E-state index < -0.39 is 0 Å². The van der Waals surface area contributed by atoms with E-state index >= 15 is 0 Å². The van der Waals surface area contributed by atoms with Crippen LogP contribution in [0.2, 0.25) is 0 Å². The molecule has 0 fully saturated rings. The molecule has 5 heteroatoms. The van der Waals surface area contributed by atoms with Crippen molar-refractivity contribution in [1.82, 2.24) is 9.80 Å². The molecule has 2 nitrogen and oxygen atoms in total. The zero-order chi connectivity index (χ0) is 14.5. The van der Waals surface area contributed by atoms with Gasteiger partial charge in [-0.15, -0.1) is 37.2 Å². The summed E-state index contributed by atoms with van der Waals surface area (Å²) in [6, 6.07) is 0. The molecule has 1 aliphatic heterocycles. The Morgan fingerprint density at radius 2 is 1.00 bits per heavy atom. The molecule has 1 rings (SSSR count). The van der Waals surface area contributed by atoms with Crippen molar-refractivity contribution in [2.24, 2.45) is 0 Å². The summed E-state index contributed by atoms with van der Waals surface area (Å²) in [5.74, 6) is 0. The van der Waals surface area contributed by atoms with Crippen LogP contribution in [0.4, 0.5) is 0 Å². The van der Waals surface area contributed by atoms with Crippen LogP contribution in [0, 0.1) is 0 Å². The summed E-state index contributed by atoms with van der Waals surface area (Å²) < 4.78 is 0. The minimum atomic E-state index is 0. The molecule has 1 heterocycles. The zero-order valence-corrected chi connectivity index (χ0v) is 17.6. The van der Waals surface area contributed by atoms with Gasteiger partial charge in [-0.1, -0.05) is 71.6 Å². The van der Waals surface area contributed by atoms with E-state index in [2.05, 4.69) is 36.0 Å². The third kappa shape index (κ3) is 15.5. The van der Waals surface area contributed by atoms with Gasteiger partial charge in [0.25, 0.3) is 0 Å². The zero-order valence-electron chi connectivity index (χ0n) is 15.2. The monoisotopic (exact) mass is 388 g/mol. The highest BCUT2D eigenvalue weighted by molar-refractivity contribution is 5.86. The van der Waals surface area contributed by atoms with Crippen LogP contribution in [-0.2, 0) is 0 Å². The third-order valence-corrected chi connectivity index (χ3v) is 4.16. The number of halogens is 3. The van der Waals surface area contributed by atoms with Crippen LogP contribution in [0.15, 0.2) is 12.4 Å². The molecular weight excluding hydrogens is 351 g/mol. The van der Waals surface area contributed by atoms with Crippen LogP contribution in [0.5, 0.6) is 0 Å². The summed E-state index contributed by atoms with van der Waals surface area (Å²) in [6.07, 6.45) is 20.0. The topological polar surface area (TPSA) is 6.48 Å². The number of hydrogen-bond donors (Lipinski definition) is 0. The third-order valence-electron chi connectivity index (χ3n) is 4.16. The number of rotatable bonds is 13. The van der Waals surface area contributed by atoms with Gasteiger partial charge in [0.15, 0.2) is 0 Å². The Morgan fingerprint density at radius 3 is 1.48 bits per heavy atom. The van der Waals surface area contributed by atoms with Gasteiger partial charge < -0.3 is 9.80 Å². The highest BCUT2D eigenvalue weighted by Crippen LogP contribution is 2.12. The molecule has 0 unspecified atom stereocenters. The van der Waals surface area contributed by atoms with E-state index in [1.54, 1.807) is 0 Å². The fourth-order valence-electron chi connectivity index (χ4n) is 2.90. The molecule has 142 valence electrons. The summed E-state index contributed by atoms with van der Waals surface area (Å²) in [4.78, 5) is 4.87. The van der Waals surface area contributed by atoms with Crippen LogP contribution in [0.25, 0.3) is 0 Å². The number of nitrogens with zero attached hydrogens (tertiary/aromatic N) is 2. The summed E-state index contributed by atoms with van der Waals surface area (Å²) in [5, 5.41) is 0. The van der Waals surface area contributed by atoms with E-state index in [1.165, 1.54) is 83.7 Å². The SMILES string of the molecule is CCCCCCCCCCCCN1C=CN(CCC)C1.Cl.Cl.Cl. The maximum Gasteiger partial charge on any atom is 0.0893 e. The lowest BCUT2D eigenvalue weighted by Crippen LogP contribution is -2.26. The Labute approximate surface area is 163 Å². The molecule has 0 radical (unpaired) electrons. The normalized spacial score (nSPS) is 12.6. The molecule has 0 aromatic carbocycles. The van der Waals surface area contributed by atoms with Crippen LogP contribution in [0.3, 0.4) is 0 Å². The maximum atomic E-state index is 2.46. The second-order valence-electron chi connectivity index (χ2n) is 6.25. The molecule has 0 saturated carbocycles. The Bertz CT molecular complexity index is 250. The molecule has 0 aromatic heterocycles. The Balaban J connectivity index is -0.00000133. The van der Waals surface area contributed by atoms with Crippen molar-refractivity contribution in [2.45, 2.75) is 84.5 Å². The molecule has 0 N–H and O–H groups in total. The van der Waals surface area contributed by atoms with Crippen molar-refractivity contribution >= 4 is 37.2 Å². The molecule has 0 spiro atoms. The molecular formula is C18H39Cl3N2. The second-order valence-corrected chi connectivity index (χ2v) is 6.25. The molecule has 0 bridgehead atoms. The van der Waals surface area contributed by atoms with Gasteiger partial charge >= 0.3 is 0 Å². The lowest BCUT2D eigenvalue weighted by atomic mass is 10.1. The summed E-state index contributed by atoms with van der Waals surface area (Å²) in [7, 11) is 0. The summed E-state index contributed by atoms with van der Waals surface area (Å²) in [6.45, 7) is 8.10. The van der Waals surface area contributed by atoms with Crippen LogP contribution >= 0.6 is 37.2 Å². The van der Waals surface area contributed by atoms with E-state index in [-0.39, 0.29) is 37.2 Å². The van der Waals surface area contributed by atoms with Crippen molar-refractivity contribution in [3.8, 4) is 0 Å². The second kappa shape index (κ2) is 20.3. The first-order chi connectivity index (χ1) is 9.86. The lowest BCUT2D eigenvalue weighted by molar-refractivity contribution is 0.261. The van der Waals surface area contributed by atoms with Gasteiger partial charge in [-0.05, 0) is 12.8 Å². The van der Waals surface area contributed by atoms with E-state index in [1.807, 2.05) is 0 Å². The quantitative estimate of drug-likeness (QED) is 0.326. The van der Waals surface area contributed by atoms with Gasteiger partial charge in [0.1, 0.15) is 0 Å². The van der Waals surface area contributed by atoms with Crippen molar-refractivity contribution < 1.29 is 0 Å². The van der Waals surface area contributed by atoms with Gasteiger partial charge in [0.2, 0.25) is 0 Å². The largest absolute Gasteiger partial charge is 0.359 e. The smallest absolute Gasteiger partial charge is 0.0893 e. The first-order valence-electron chi connectivity index (χ1n) is 9.03. The van der Waals surface area contributed by atoms with Crippen molar-refractivity contribution in [3.05, 3.63) is 12.4 Å². The van der Waals surface area contributed by atoms with E-state index in [0.717, 1.165) is 6.67 Å². The van der Waals surface area contributed by atoms with Gasteiger partial charge in [-0.2, -0.15) is 0 Å². The fourth-order valence-corrected chi connectivity index (χ4v) is 2.90.